The van der Waals surface area contributed by atoms with E-state index >= 15 is 0 Å². The van der Waals surface area contributed by atoms with Gasteiger partial charge in [-0.15, -0.1) is 0 Å². The fourth-order valence-corrected chi connectivity index (χ4v) is 4.18. The summed E-state index contributed by atoms with van der Waals surface area (Å²) in [4.78, 5) is 24.4. The van der Waals surface area contributed by atoms with Crippen molar-refractivity contribution in [3.63, 3.8) is 0 Å². The molecular formula is C21H16ClF4NO4S. The molecule has 0 fully saturated rings. The third-order valence-electron chi connectivity index (χ3n) is 4.75. The first kappa shape index (κ1) is 23.9. The SMILES string of the molecule is COc1cc2c(CC(=O)O)c(C)n(C(=O)c3ccc(SC(F)(F)C(F)F)cc3)c2cc1Cl. The van der Waals surface area contributed by atoms with E-state index in [1.54, 1.807) is 13.0 Å². The second kappa shape index (κ2) is 9.03. The number of rotatable bonds is 7. The molecule has 2 aromatic carbocycles. The van der Waals surface area contributed by atoms with E-state index in [0.717, 1.165) is 12.1 Å². The molecule has 0 bridgehead atoms. The number of aliphatic carboxylic acids is 1. The molecule has 0 saturated carbocycles. The number of hydrogen-bond acceptors (Lipinski definition) is 4. The van der Waals surface area contributed by atoms with Gasteiger partial charge in [0.15, 0.2) is 0 Å². The van der Waals surface area contributed by atoms with Gasteiger partial charge in [0, 0.05) is 21.5 Å². The minimum absolute atomic E-state index is 0.0866. The summed E-state index contributed by atoms with van der Waals surface area (Å²) < 4.78 is 57.8. The highest BCUT2D eigenvalue weighted by Crippen LogP contribution is 2.40. The number of alkyl halides is 4. The van der Waals surface area contributed by atoms with Gasteiger partial charge in [-0.05, 0) is 60.6 Å². The molecule has 1 heterocycles. The zero-order valence-corrected chi connectivity index (χ0v) is 18.2. The van der Waals surface area contributed by atoms with Crippen LogP contribution < -0.4 is 4.74 Å². The lowest BCUT2D eigenvalue weighted by atomic mass is 10.1. The van der Waals surface area contributed by atoms with Crippen molar-refractivity contribution < 1.29 is 37.0 Å². The zero-order chi connectivity index (χ0) is 23.8. The van der Waals surface area contributed by atoms with E-state index in [1.165, 1.54) is 29.9 Å². The second-order valence-corrected chi connectivity index (χ2v) is 8.39. The summed E-state index contributed by atoms with van der Waals surface area (Å²) in [5, 5.41) is 5.69. The van der Waals surface area contributed by atoms with Gasteiger partial charge in [0.2, 0.25) is 0 Å². The van der Waals surface area contributed by atoms with E-state index in [-0.39, 0.29) is 33.7 Å². The number of aromatic nitrogens is 1. The topological polar surface area (TPSA) is 68.5 Å². The Morgan fingerprint density at radius 2 is 1.84 bits per heavy atom. The third-order valence-corrected chi connectivity index (χ3v) is 6.00. The number of nitrogens with zero attached hydrogens (tertiary/aromatic N) is 1. The van der Waals surface area contributed by atoms with Crippen LogP contribution in [0.5, 0.6) is 5.75 Å². The quantitative estimate of drug-likeness (QED) is 0.332. The second-order valence-electron chi connectivity index (χ2n) is 6.77. The molecule has 0 aliphatic carbocycles. The molecule has 170 valence electrons. The molecule has 1 N–H and O–H groups in total. The number of benzene rings is 2. The zero-order valence-electron chi connectivity index (χ0n) is 16.7. The molecule has 0 saturated heterocycles. The van der Waals surface area contributed by atoms with Crippen molar-refractivity contribution in [1.82, 2.24) is 4.57 Å². The summed E-state index contributed by atoms with van der Waals surface area (Å²) in [6, 6.07) is 7.77. The summed E-state index contributed by atoms with van der Waals surface area (Å²) in [5.74, 6) is -1.37. The molecule has 32 heavy (non-hydrogen) atoms. The van der Waals surface area contributed by atoms with Crippen LogP contribution in [-0.2, 0) is 11.2 Å². The number of hydrogen-bond donors (Lipinski definition) is 1. The molecule has 0 aliphatic rings. The Morgan fingerprint density at radius 1 is 1.22 bits per heavy atom. The van der Waals surface area contributed by atoms with Crippen molar-refractivity contribution >= 4 is 46.1 Å². The van der Waals surface area contributed by atoms with E-state index in [1.807, 2.05) is 0 Å². The first-order valence-corrected chi connectivity index (χ1v) is 10.2. The average molecular weight is 490 g/mol. The highest BCUT2D eigenvalue weighted by atomic mass is 35.5. The van der Waals surface area contributed by atoms with Crippen molar-refractivity contribution in [2.45, 2.75) is 29.9 Å². The lowest BCUT2D eigenvalue weighted by molar-refractivity contribution is -0.136. The molecule has 3 aromatic rings. The summed E-state index contributed by atoms with van der Waals surface area (Å²) in [5.41, 5.74) is 1.18. The lowest BCUT2D eigenvalue weighted by Crippen LogP contribution is -2.21. The van der Waals surface area contributed by atoms with E-state index in [4.69, 9.17) is 16.3 Å². The van der Waals surface area contributed by atoms with Gasteiger partial charge in [-0.1, -0.05) is 11.6 Å². The Bertz CT molecular complexity index is 1190. The fourth-order valence-electron chi connectivity index (χ4n) is 3.27. The Kier molecular flexibility index (Phi) is 6.75. The number of halogens is 5. The van der Waals surface area contributed by atoms with Gasteiger partial charge in [0.1, 0.15) is 5.75 Å². The number of carboxylic acids is 1. The van der Waals surface area contributed by atoms with Crippen LogP contribution in [0.4, 0.5) is 17.6 Å². The Labute approximate surface area is 188 Å². The summed E-state index contributed by atoms with van der Waals surface area (Å²) in [6.07, 6.45) is -4.19. The first-order valence-electron chi connectivity index (χ1n) is 9.05. The summed E-state index contributed by atoms with van der Waals surface area (Å²) in [7, 11) is 1.40. The molecule has 0 aliphatic heterocycles. The molecule has 0 atom stereocenters. The average Bonchev–Trinajstić information content (AvgIpc) is 2.97. The molecule has 1 aromatic heterocycles. The van der Waals surface area contributed by atoms with E-state index in [9.17, 15) is 32.3 Å². The van der Waals surface area contributed by atoms with Crippen LogP contribution in [-0.4, -0.2) is 40.3 Å². The maximum atomic E-state index is 13.3. The smallest absolute Gasteiger partial charge is 0.357 e. The van der Waals surface area contributed by atoms with Crippen LogP contribution in [0.25, 0.3) is 10.9 Å². The molecule has 0 spiro atoms. The van der Waals surface area contributed by atoms with E-state index in [0.29, 0.717) is 27.9 Å². The van der Waals surface area contributed by atoms with Crippen LogP contribution in [0.15, 0.2) is 41.3 Å². The van der Waals surface area contributed by atoms with Gasteiger partial charge in [0.05, 0.1) is 24.1 Å². The number of carboxylic acid groups (broad SMARTS) is 1. The van der Waals surface area contributed by atoms with Crippen molar-refractivity contribution in [1.29, 1.82) is 0 Å². The van der Waals surface area contributed by atoms with Gasteiger partial charge in [-0.25, -0.2) is 8.78 Å². The Balaban J connectivity index is 2.07. The minimum Gasteiger partial charge on any atom is -0.495 e. The van der Waals surface area contributed by atoms with Gasteiger partial charge >= 0.3 is 17.6 Å². The highest BCUT2D eigenvalue weighted by Gasteiger charge is 2.42. The molecule has 5 nitrogen and oxygen atoms in total. The fraction of sp³-hybridized carbons (Fsp3) is 0.238. The third kappa shape index (κ3) is 4.56. The van der Waals surface area contributed by atoms with E-state index in [2.05, 4.69) is 0 Å². The Morgan fingerprint density at radius 3 is 2.38 bits per heavy atom. The predicted octanol–water partition coefficient (Wildman–Crippen LogP) is 5.88. The largest absolute Gasteiger partial charge is 0.495 e. The van der Waals surface area contributed by atoms with Gasteiger partial charge in [0.25, 0.3) is 5.91 Å². The Hall–Kier alpha value is -2.72. The normalized spacial score (nSPS) is 11.9. The number of carbonyl (C=O) groups is 2. The summed E-state index contributed by atoms with van der Waals surface area (Å²) in [6.45, 7) is 1.57. The number of ether oxygens (including phenoxy) is 1. The first-order chi connectivity index (χ1) is 15.0. The van der Waals surface area contributed by atoms with Crippen molar-refractivity contribution in [2.75, 3.05) is 7.11 Å². The molecule has 0 amide bonds. The minimum atomic E-state index is -4.26. The van der Waals surface area contributed by atoms with Gasteiger partial charge in [-0.2, -0.15) is 8.78 Å². The van der Waals surface area contributed by atoms with Crippen LogP contribution in [0.2, 0.25) is 5.02 Å². The van der Waals surface area contributed by atoms with Crippen molar-refractivity contribution in [2.24, 2.45) is 0 Å². The van der Waals surface area contributed by atoms with Crippen LogP contribution in [0, 0.1) is 6.92 Å². The number of fused-ring (bicyclic) bond motifs is 1. The van der Waals surface area contributed by atoms with E-state index < -0.39 is 23.6 Å². The predicted molar refractivity (Wildman–Crippen MR) is 113 cm³/mol. The maximum absolute atomic E-state index is 13.3. The molecule has 11 heteroatoms. The molecule has 0 radical (unpaired) electrons. The molecular weight excluding hydrogens is 474 g/mol. The van der Waals surface area contributed by atoms with Gasteiger partial charge in [-0.3, -0.25) is 14.2 Å². The van der Waals surface area contributed by atoms with Crippen LogP contribution >= 0.6 is 23.4 Å². The number of methoxy groups -OCH3 is 1. The monoisotopic (exact) mass is 489 g/mol. The standard InChI is InChI=1S/C21H16ClF4NO4S/c1-10-13(8-18(28)29)14-7-17(31-2)15(22)9-16(14)27(10)19(30)11-3-5-12(6-4-11)32-21(25,26)20(23)24/h3-7,9,20H,8H2,1-2H3,(H,28,29). The van der Waals surface area contributed by atoms with Gasteiger partial charge < -0.3 is 9.84 Å². The number of carbonyl (C=O) groups excluding carboxylic acids is 1. The summed E-state index contributed by atoms with van der Waals surface area (Å²) >= 11 is 5.90. The van der Waals surface area contributed by atoms with Crippen molar-refractivity contribution in [3.05, 3.63) is 58.2 Å². The lowest BCUT2D eigenvalue weighted by Gasteiger charge is -2.14. The maximum Gasteiger partial charge on any atom is 0.357 e. The van der Waals surface area contributed by atoms with Crippen molar-refractivity contribution in [3.8, 4) is 5.75 Å². The molecule has 0 unspecified atom stereocenters. The highest BCUT2D eigenvalue weighted by molar-refractivity contribution is 8.00. The number of thioether (sulfide) groups is 1. The van der Waals surface area contributed by atoms with Crippen LogP contribution in [0.3, 0.4) is 0 Å². The molecule has 3 rings (SSSR count). The van der Waals surface area contributed by atoms with Crippen LogP contribution in [0.1, 0.15) is 21.6 Å².